The topological polar surface area (TPSA) is 102 Å². The summed E-state index contributed by atoms with van der Waals surface area (Å²) in [6.45, 7) is 4.55. The molecule has 1 fully saturated rings. The number of nitrogens with zero attached hydrogens (tertiary/aromatic N) is 1. The number of benzene rings is 1. The Hall–Kier alpha value is -1.35. The van der Waals surface area contributed by atoms with E-state index in [1.165, 1.54) is 23.5 Å². The quantitative estimate of drug-likeness (QED) is 0.770. The third-order valence-electron chi connectivity index (χ3n) is 4.32. The van der Waals surface area contributed by atoms with Crippen molar-refractivity contribution in [3.63, 3.8) is 0 Å². The van der Waals surface area contributed by atoms with Crippen molar-refractivity contribution in [3.8, 4) is 5.75 Å². The minimum atomic E-state index is -3.58. The predicted molar refractivity (Wildman–Crippen MR) is 99.7 cm³/mol. The van der Waals surface area contributed by atoms with Gasteiger partial charge in [0.1, 0.15) is 10.6 Å². The summed E-state index contributed by atoms with van der Waals surface area (Å²) < 4.78 is 32.1. The number of hydrogen-bond donors (Lipinski definition) is 2. The highest BCUT2D eigenvalue weighted by Gasteiger charge is 2.30. The van der Waals surface area contributed by atoms with Gasteiger partial charge in [-0.3, -0.25) is 4.79 Å². The first kappa shape index (κ1) is 21.7. The normalized spacial score (nSPS) is 17.4. The molecule has 0 spiro atoms. The van der Waals surface area contributed by atoms with Gasteiger partial charge in [-0.15, -0.1) is 12.4 Å². The van der Waals surface area contributed by atoms with Gasteiger partial charge in [0.25, 0.3) is 0 Å². The summed E-state index contributed by atoms with van der Waals surface area (Å²) >= 11 is 0. The second-order valence-electron chi connectivity index (χ2n) is 6.11. The fourth-order valence-corrected chi connectivity index (χ4v) is 4.17. The molecule has 1 aliphatic heterocycles. The molecule has 2 unspecified atom stereocenters. The van der Waals surface area contributed by atoms with Crippen LogP contribution in [0.15, 0.2) is 23.1 Å². The molecule has 1 saturated heterocycles. The minimum Gasteiger partial charge on any atom is -0.495 e. The van der Waals surface area contributed by atoms with Crippen LogP contribution in [0.4, 0.5) is 5.69 Å². The molecular formula is C16H26ClN3O4S. The van der Waals surface area contributed by atoms with Crippen molar-refractivity contribution in [2.45, 2.75) is 37.6 Å². The number of carbonyl (C=O) groups excluding carboxylic acids is 1. The second-order valence-corrected chi connectivity index (χ2v) is 8.02. The van der Waals surface area contributed by atoms with E-state index in [1.54, 1.807) is 19.9 Å². The Morgan fingerprint density at radius 1 is 1.28 bits per heavy atom. The molecular weight excluding hydrogens is 366 g/mol. The molecule has 25 heavy (non-hydrogen) atoms. The van der Waals surface area contributed by atoms with Crippen LogP contribution >= 0.6 is 12.4 Å². The first-order valence-corrected chi connectivity index (χ1v) is 9.46. The van der Waals surface area contributed by atoms with Gasteiger partial charge >= 0.3 is 0 Å². The average Bonchev–Trinajstić information content (AvgIpc) is 3.08. The maximum Gasteiger partial charge on any atom is 0.246 e. The van der Waals surface area contributed by atoms with Crippen LogP contribution in [-0.2, 0) is 14.8 Å². The molecule has 1 aromatic carbocycles. The van der Waals surface area contributed by atoms with Crippen LogP contribution in [-0.4, -0.2) is 44.9 Å². The average molecular weight is 392 g/mol. The SMILES string of the molecule is COc1cc(NC(=O)C(C)C(C)N)ccc1S(=O)(=O)N1CCCC1.Cl. The largest absolute Gasteiger partial charge is 0.495 e. The van der Waals surface area contributed by atoms with E-state index in [-0.39, 0.29) is 40.9 Å². The van der Waals surface area contributed by atoms with Crippen molar-refractivity contribution in [2.75, 3.05) is 25.5 Å². The zero-order valence-electron chi connectivity index (χ0n) is 14.7. The van der Waals surface area contributed by atoms with Crippen LogP contribution in [0.3, 0.4) is 0 Å². The lowest BCUT2D eigenvalue weighted by Gasteiger charge is -2.19. The van der Waals surface area contributed by atoms with Gasteiger partial charge in [-0.25, -0.2) is 8.42 Å². The molecule has 0 aromatic heterocycles. The molecule has 1 amide bonds. The van der Waals surface area contributed by atoms with Crippen molar-refractivity contribution in [1.29, 1.82) is 0 Å². The van der Waals surface area contributed by atoms with Crippen LogP contribution in [0.2, 0.25) is 0 Å². The standard InChI is InChI=1S/C16H25N3O4S.ClH/c1-11(12(2)17)16(20)18-13-6-7-15(14(10-13)23-3)24(21,22)19-8-4-5-9-19;/h6-7,10-12H,4-5,8-9,17H2,1-3H3,(H,18,20);1H. The maximum atomic E-state index is 12.7. The van der Waals surface area contributed by atoms with Crippen molar-refractivity contribution < 1.29 is 17.9 Å². The molecule has 2 rings (SSSR count). The number of carbonyl (C=O) groups is 1. The number of halogens is 1. The van der Waals surface area contributed by atoms with Gasteiger partial charge in [0, 0.05) is 30.9 Å². The molecule has 142 valence electrons. The van der Waals surface area contributed by atoms with E-state index >= 15 is 0 Å². The zero-order chi connectivity index (χ0) is 17.9. The number of methoxy groups -OCH3 is 1. The highest BCUT2D eigenvalue weighted by atomic mass is 35.5. The van der Waals surface area contributed by atoms with Gasteiger partial charge in [-0.1, -0.05) is 6.92 Å². The Bertz CT molecular complexity index is 703. The molecule has 1 heterocycles. The summed E-state index contributed by atoms with van der Waals surface area (Å²) in [7, 11) is -2.17. The van der Waals surface area contributed by atoms with Crippen LogP contribution in [0.25, 0.3) is 0 Å². The third-order valence-corrected chi connectivity index (χ3v) is 6.25. The lowest BCUT2D eigenvalue weighted by atomic mass is 10.0. The van der Waals surface area contributed by atoms with Crippen LogP contribution in [0, 0.1) is 5.92 Å². The number of nitrogens with two attached hydrogens (primary N) is 1. The monoisotopic (exact) mass is 391 g/mol. The lowest BCUT2D eigenvalue weighted by Crippen LogP contribution is -2.34. The summed E-state index contributed by atoms with van der Waals surface area (Å²) in [5, 5.41) is 2.74. The minimum absolute atomic E-state index is 0. The number of ether oxygens (including phenoxy) is 1. The molecule has 9 heteroatoms. The van der Waals surface area contributed by atoms with Gasteiger partial charge in [-0.05, 0) is 31.9 Å². The van der Waals surface area contributed by atoms with Gasteiger partial charge in [0.05, 0.1) is 13.0 Å². The highest BCUT2D eigenvalue weighted by Crippen LogP contribution is 2.31. The number of rotatable bonds is 6. The molecule has 3 N–H and O–H groups in total. The number of anilines is 1. The van der Waals surface area contributed by atoms with Gasteiger partial charge < -0.3 is 15.8 Å². The summed E-state index contributed by atoms with van der Waals surface area (Å²) in [5.74, 6) is -0.362. The van der Waals surface area contributed by atoms with Gasteiger partial charge in [0.2, 0.25) is 15.9 Å². The summed E-state index contributed by atoms with van der Waals surface area (Å²) in [6.07, 6.45) is 1.73. The Balaban J connectivity index is 0.00000312. The number of hydrogen-bond acceptors (Lipinski definition) is 5. The highest BCUT2D eigenvalue weighted by molar-refractivity contribution is 7.89. The van der Waals surface area contributed by atoms with E-state index in [4.69, 9.17) is 10.5 Å². The summed E-state index contributed by atoms with van der Waals surface area (Å²) in [6, 6.07) is 4.28. The first-order chi connectivity index (χ1) is 11.3. The molecule has 1 aromatic rings. The Morgan fingerprint density at radius 2 is 1.88 bits per heavy atom. The van der Waals surface area contributed by atoms with Crippen molar-refractivity contribution in [3.05, 3.63) is 18.2 Å². The molecule has 2 atom stereocenters. The third kappa shape index (κ3) is 4.84. The summed E-state index contributed by atoms with van der Waals surface area (Å²) in [4.78, 5) is 12.2. The number of nitrogens with one attached hydrogen (secondary N) is 1. The fourth-order valence-electron chi connectivity index (χ4n) is 2.52. The van der Waals surface area contributed by atoms with Crippen molar-refractivity contribution in [2.24, 2.45) is 11.7 Å². The molecule has 0 aliphatic carbocycles. The Morgan fingerprint density at radius 3 is 2.40 bits per heavy atom. The molecule has 1 aliphatic rings. The van der Waals surface area contributed by atoms with E-state index in [2.05, 4.69) is 5.32 Å². The van der Waals surface area contributed by atoms with E-state index in [1.807, 2.05) is 0 Å². The Labute approximate surface area is 155 Å². The molecule has 0 radical (unpaired) electrons. The van der Waals surface area contributed by atoms with Gasteiger partial charge in [0.15, 0.2) is 0 Å². The predicted octanol–water partition coefficient (Wildman–Crippen LogP) is 1.82. The number of amides is 1. The summed E-state index contributed by atoms with van der Waals surface area (Å²) in [5.41, 5.74) is 6.20. The van der Waals surface area contributed by atoms with E-state index in [0.717, 1.165) is 12.8 Å². The molecule has 7 nitrogen and oxygen atoms in total. The van der Waals surface area contributed by atoms with Crippen LogP contribution < -0.4 is 15.8 Å². The zero-order valence-corrected chi connectivity index (χ0v) is 16.3. The van der Waals surface area contributed by atoms with E-state index in [9.17, 15) is 13.2 Å². The molecule has 0 saturated carbocycles. The van der Waals surface area contributed by atoms with Gasteiger partial charge in [-0.2, -0.15) is 4.31 Å². The molecule has 0 bridgehead atoms. The maximum absolute atomic E-state index is 12.7. The van der Waals surface area contributed by atoms with Crippen molar-refractivity contribution in [1.82, 2.24) is 4.31 Å². The number of sulfonamides is 1. The fraction of sp³-hybridized carbons (Fsp3) is 0.562. The van der Waals surface area contributed by atoms with Crippen LogP contribution in [0.5, 0.6) is 5.75 Å². The van der Waals surface area contributed by atoms with E-state index in [0.29, 0.717) is 18.8 Å². The Kier molecular flexibility index (Phi) is 7.67. The van der Waals surface area contributed by atoms with Crippen LogP contribution in [0.1, 0.15) is 26.7 Å². The smallest absolute Gasteiger partial charge is 0.246 e. The van der Waals surface area contributed by atoms with Crippen molar-refractivity contribution >= 4 is 34.0 Å². The second kappa shape index (κ2) is 8.84. The first-order valence-electron chi connectivity index (χ1n) is 8.02. The lowest BCUT2D eigenvalue weighted by molar-refractivity contribution is -0.119. The van der Waals surface area contributed by atoms with E-state index < -0.39 is 10.0 Å².